The standard InChI is InChI=1S/C14H24ClN3/c1-11(2)10-18(8-7-17(3)4)14-6-5-12(15)9-13(14)16/h5-6,9,11H,7-8,10,16H2,1-4H3. The Hall–Kier alpha value is -0.930. The molecule has 3 nitrogen and oxygen atoms in total. The molecule has 0 aliphatic heterocycles. The minimum Gasteiger partial charge on any atom is -0.397 e. The Balaban J connectivity index is 2.86. The van der Waals surface area contributed by atoms with Gasteiger partial charge in [-0.05, 0) is 38.2 Å². The first-order valence-corrected chi connectivity index (χ1v) is 6.72. The highest BCUT2D eigenvalue weighted by Gasteiger charge is 2.12. The molecule has 0 radical (unpaired) electrons. The quantitative estimate of drug-likeness (QED) is 0.806. The molecule has 0 heterocycles. The summed E-state index contributed by atoms with van der Waals surface area (Å²) in [6.45, 7) is 7.41. The maximum absolute atomic E-state index is 6.06. The number of nitrogens with zero attached hydrogens (tertiary/aromatic N) is 2. The Kier molecular flexibility index (Phi) is 5.76. The molecule has 0 amide bonds. The fourth-order valence-electron chi connectivity index (χ4n) is 1.88. The van der Waals surface area contributed by atoms with Crippen molar-refractivity contribution in [2.24, 2.45) is 5.92 Å². The number of likely N-dealkylation sites (N-methyl/N-ethyl adjacent to an activating group) is 1. The Bertz CT molecular complexity index is 377. The van der Waals surface area contributed by atoms with Crippen LogP contribution in [0.5, 0.6) is 0 Å². The van der Waals surface area contributed by atoms with Gasteiger partial charge < -0.3 is 15.5 Å². The van der Waals surface area contributed by atoms with E-state index in [1.165, 1.54) is 0 Å². The fraction of sp³-hybridized carbons (Fsp3) is 0.571. The molecule has 0 bridgehead atoms. The van der Waals surface area contributed by atoms with E-state index in [2.05, 4.69) is 37.7 Å². The average Bonchev–Trinajstić information content (AvgIpc) is 2.24. The van der Waals surface area contributed by atoms with Gasteiger partial charge in [0.2, 0.25) is 0 Å². The van der Waals surface area contributed by atoms with Crippen LogP contribution in [0.15, 0.2) is 18.2 Å². The molecule has 1 aromatic carbocycles. The summed E-state index contributed by atoms with van der Waals surface area (Å²) in [4.78, 5) is 4.51. The van der Waals surface area contributed by atoms with E-state index in [1.54, 1.807) is 0 Å². The van der Waals surface area contributed by atoms with Crippen molar-refractivity contribution in [3.8, 4) is 0 Å². The van der Waals surface area contributed by atoms with E-state index < -0.39 is 0 Å². The highest BCUT2D eigenvalue weighted by Crippen LogP contribution is 2.27. The highest BCUT2D eigenvalue weighted by atomic mass is 35.5. The lowest BCUT2D eigenvalue weighted by atomic mass is 10.1. The van der Waals surface area contributed by atoms with Crippen LogP contribution >= 0.6 is 11.6 Å². The summed E-state index contributed by atoms with van der Waals surface area (Å²) in [5.41, 5.74) is 7.90. The van der Waals surface area contributed by atoms with Crippen molar-refractivity contribution >= 4 is 23.0 Å². The van der Waals surface area contributed by atoms with E-state index in [9.17, 15) is 0 Å². The lowest BCUT2D eigenvalue weighted by Crippen LogP contribution is -2.34. The summed E-state index contributed by atoms with van der Waals surface area (Å²) in [5, 5.41) is 0.688. The maximum atomic E-state index is 6.06. The number of rotatable bonds is 6. The molecule has 2 N–H and O–H groups in total. The summed E-state index contributed by atoms with van der Waals surface area (Å²) in [6, 6.07) is 5.73. The largest absolute Gasteiger partial charge is 0.397 e. The number of halogens is 1. The topological polar surface area (TPSA) is 32.5 Å². The lowest BCUT2D eigenvalue weighted by molar-refractivity contribution is 0.409. The van der Waals surface area contributed by atoms with Gasteiger partial charge in [-0.25, -0.2) is 0 Å². The molecule has 0 atom stereocenters. The first-order valence-electron chi connectivity index (χ1n) is 6.35. The zero-order chi connectivity index (χ0) is 13.7. The van der Waals surface area contributed by atoms with Crippen molar-refractivity contribution in [1.29, 1.82) is 0 Å². The van der Waals surface area contributed by atoms with Gasteiger partial charge in [-0.3, -0.25) is 0 Å². The van der Waals surface area contributed by atoms with Gasteiger partial charge in [-0.1, -0.05) is 25.4 Å². The van der Waals surface area contributed by atoms with Crippen LogP contribution in [0.2, 0.25) is 5.02 Å². The smallest absolute Gasteiger partial charge is 0.0601 e. The molecule has 1 aromatic rings. The zero-order valence-corrected chi connectivity index (χ0v) is 12.5. The van der Waals surface area contributed by atoms with Crippen LogP contribution in [-0.2, 0) is 0 Å². The first kappa shape index (κ1) is 15.1. The van der Waals surface area contributed by atoms with E-state index in [0.29, 0.717) is 10.9 Å². The Morgan fingerprint density at radius 1 is 1.22 bits per heavy atom. The molecule has 0 saturated heterocycles. The van der Waals surface area contributed by atoms with Crippen molar-refractivity contribution in [2.45, 2.75) is 13.8 Å². The van der Waals surface area contributed by atoms with Gasteiger partial charge >= 0.3 is 0 Å². The molecular formula is C14H24ClN3. The third-order valence-corrected chi connectivity index (χ3v) is 2.97. The lowest BCUT2D eigenvalue weighted by Gasteiger charge is -2.29. The molecule has 1 rings (SSSR count). The Morgan fingerprint density at radius 3 is 2.39 bits per heavy atom. The Labute approximate surface area is 116 Å². The minimum absolute atomic E-state index is 0.599. The van der Waals surface area contributed by atoms with Gasteiger partial charge in [0.15, 0.2) is 0 Å². The molecule has 18 heavy (non-hydrogen) atoms. The third-order valence-electron chi connectivity index (χ3n) is 2.73. The zero-order valence-electron chi connectivity index (χ0n) is 11.8. The summed E-state index contributed by atoms with van der Waals surface area (Å²) in [7, 11) is 4.16. The van der Waals surface area contributed by atoms with Gasteiger partial charge in [0.25, 0.3) is 0 Å². The fourth-order valence-corrected chi connectivity index (χ4v) is 2.07. The number of nitrogens with two attached hydrogens (primary N) is 1. The van der Waals surface area contributed by atoms with Gasteiger partial charge in [-0.15, -0.1) is 0 Å². The van der Waals surface area contributed by atoms with Crippen molar-refractivity contribution in [3.05, 3.63) is 23.2 Å². The number of nitrogen functional groups attached to an aromatic ring is 1. The van der Waals surface area contributed by atoms with Crippen molar-refractivity contribution in [1.82, 2.24) is 4.90 Å². The normalized spacial score (nSPS) is 11.3. The van der Waals surface area contributed by atoms with Crippen LogP contribution in [-0.4, -0.2) is 38.6 Å². The predicted molar refractivity (Wildman–Crippen MR) is 81.5 cm³/mol. The summed E-state index contributed by atoms with van der Waals surface area (Å²) < 4.78 is 0. The van der Waals surface area contributed by atoms with Gasteiger partial charge in [0, 0.05) is 24.7 Å². The van der Waals surface area contributed by atoms with Crippen LogP contribution in [0.25, 0.3) is 0 Å². The number of hydrogen-bond donors (Lipinski definition) is 1. The summed E-state index contributed by atoms with van der Waals surface area (Å²) in [5.74, 6) is 0.599. The molecule has 0 aliphatic rings. The third kappa shape index (κ3) is 4.75. The van der Waals surface area contributed by atoms with E-state index in [4.69, 9.17) is 17.3 Å². The van der Waals surface area contributed by atoms with Crippen LogP contribution in [0.3, 0.4) is 0 Å². The van der Waals surface area contributed by atoms with Crippen molar-refractivity contribution in [2.75, 3.05) is 44.4 Å². The number of benzene rings is 1. The van der Waals surface area contributed by atoms with E-state index >= 15 is 0 Å². The molecule has 0 aromatic heterocycles. The second kappa shape index (κ2) is 6.86. The first-order chi connectivity index (χ1) is 8.40. The van der Waals surface area contributed by atoms with Crippen LogP contribution in [0, 0.1) is 5.92 Å². The molecule has 0 saturated carbocycles. The molecule has 0 aliphatic carbocycles. The monoisotopic (exact) mass is 269 g/mol. The predicted octanol–water partition coefficient (Wildman–Crippen LogP) is 2.95. The number of anilines is 2. The minimum atomic E-state index is 0.599. The SMILES string of the molecule is CC(C)CN(CCN(C)C)c1ccc(Cl)cc1N. The van der Waals surface area contributed by atoms with Crippen LogP contribution in [0.1, 0.15) is 13.8 Å². The van der Waals surface area contributed by atoms with Gasteiger partial charge in [-0.2, -0.15) is 0 Å². The summed E-state index contributed by atoms with van der Waals surface area (Å²) in [6.07, 6.45) is 0. The van der Waals surface area contributed by atoms with Crippen molar-refractivity contribution in [3.63, 3.8) is 0 Å². The number of hydrogen-bond acceptors (Lipinski definition) is 3. The highest BCUT2D eigenvalue weighted by molar-refractivity contribution is 6.31. The van der Waals surface area contributed by atoms with E-state index in [0.717, 1.165) is 31.0 Å². The molecule has 0 fully saturated rings. The van der Waals surface area contributed by atoms with Gasteiger partial charge in [0.05, 0.1) is 11.4 Å². The average molecular weight is 270 g/mol. The Morgan fingerprint density at radius 2 is 1.89 bits per heavy atom. The van der Waals surface area contributed by atoms with Crippen LogP contribution < -0.4 is 10.6 Å². The maximum Gasteiger partial charge on any atom is 0.0601 e. The second-order valence-electron chi connectivity index (χ2n) is 5.35. The van der Waals surface area contributed by atoms with Gasteiger partial charge in [0.1, 0.15) is 0 Å². The molecular weight excluding hydrogens is 246 g/mol. The molecule has 4 heteroatoms. The molecule has 102 valence electrons. The van der Waals surface area contributed by atoms with E-state index in [1.807, 2.05) is 18.2 Å². The van der Waals surface area contributed by atoms with E-state index in [-0.39, 0.29) is 0 Å². The molecule has 0 unspecified atom stereocenters. The molecule has 0 spiro atoms. The van der Waals surface area contributed by atoms with Crippen LogP contribution in [0.4, 0.5) is 11.4 Å². The van der Waals surface area contributed by atoms with Crippen molar-refractivity contribution < 1.29 is 0 Å². The summed E-state index contributed by atoms with van der Waals surface area (Å²) >= 11 is 5.95. The second-order valence-corrected chi connectivity index (χ2v) is 5.78.